The number of rotatable bonds is 0. The van der Waals surface area contributed by atoms with Gasteiger partial charge in [-0.05, 0) is 60.8 Å². The Morgan fingerprint density at radius 2 is 1.91 bits per heavy atom. The molecule has 4 aliphatic carbocycles. The predicted octanol–water partition coefficient (Wildman–Crippen LogP) is 4.25. The minimum atomic E-state index is -0.162. The number of Topliss-reactive ketones (excluding diaryl/α,β-unsaturated/α-hetero) is 2. The molecule has 5 atom stereocenters. The van der Waals surface area contributed by atoms with Gasteiger partial charge in [0.2, 0.25) is 0 Å². The molecule has 4 aliphatic rings. The summed E-state index contributed by atoms with van der Waals surface area (Å²) in [5.74, 6) is 2.46. The Morgan fingerprint density at radius 1 is 1.14 bits per heavy atom. The van der Waals surface area contributed by atoms with Crippen molar-refractivity contribution in [2.24, 2.45) is 28.6 Å². The molecule has 3 fully saturated rings. The summed E-state index contributed by atoms with van der Waals surface area (Å²) in [7, 11) is 0. The Balaban J connectivity index is 1.72. The molecule has 0 N–H and O–H groups in total. The van der Waals surface area contributed by atoms with Crippen molar-refractivity contribution in [3.05, 3.63) is 23.8 Å². The summed E-state index contributed by atoms with van der Waals surface area (Å²) in [5.41, 5.74) is 2.29. The summed E-state index contributed by atoms with van der Waals surface area (Å²) in [5, 5.41) is 0. The van der Waals surface area contributed by atoms with E-state index in [2.05, 4.69) is 26.5 Å². The zero-order valence-electron chi connectivity index (χ0n) is 13.8. The first-order chi connectivity index (χ1) is 10.4. The van der Waals surface area contributed by atoms with Gasteiger partial charge in [0.15, 0.2) is 5.78 Å². The monoisotopic (exact) mass is 298 g/mol. The molecule has 2 nitrogen and oxygen atoms in total. The molecular formula is C20H26O2. The van der Waals surface area contributed by atoms with Crippen molar-refractivity contribution in [1.29, 1.82) is 0 Å². The van der Waals surface area contributed by atoms with Gasteiger partial charge in [-0.1, -0.05) is 32.1 Å². The number of allylic oxidation sites excluding steroid dienone is 3. The van der Waals surface area contributed by atoms with Crippen LogP contribution in [0, 0.1) is 28.6 Å². The van der Waals surface area contributed by atoms with E-state index in [0.717, 1.165) is 44.1 Å². The average Bonchev–Trinajstić information content (AvgIpc) is 2.72. The zero-order chi connectivity index (χ0) is 15.7. The topological polar surface area (TPSA) is 34.1 Å². The lowest BCUT2D eigenvalue weighted by atomic mass is 9.48. The molecule has 22 heavy (non-hydrogen) atoms. The number of carbonyl (C=O) groups is 2. The van der Waals surface area contributed by atoms with Crippen molar-refractivity contribution in [3.8, 4) is 0 Å². The Morgan fingerprint density at radius 3 is 2.68 bits per heavy atom. The van der Waals surface area contributed by atoms with Crippen LogP contribution in [-0.2, 0) is 9.59 Å². The van der Waals surface area contributed by atoms with E-state index in [9.17, 15) is 9.59 Å². The Kier molecular flexibility index (Phi) is 2.90. The first-order valence-corrected chi connectivity index (χ1v) is 8.80. The normalized spacial score (nSPS) is 47.6. The van der Waals surface area contributed by atoms with Gasteiger partial charge in [0, 0.05) is 18.3 Å². The first-order valence-electron chi connectivity index (χ1n) is 8.80. The Hall–Kier alpha value is -1.18. The second-order valence-electron chi connectivity index (χ2n) is 8.57. The van der Waals surface area contributed by atoms with E-state index >= 15 is 0 Å². The maximum absolute atomic E-state index is 12.6. The van der Waals surface area contributed by atoms with Gasteiger partial charge in [0.25, 0.3) is 0 Å². The fourth-order valence-corrected chi connectivity index (χ4v) is 6.22. The number of carbonyl (C=O) groups excluding carboxylic acids is 2. The van der Waals surface area contributed by atoms with Crippen LogP contribution in [0.15, 0.2) is 23.8 Å². The third-order valence-corrected chi connectivity index (χ3v) is 7.63. The van der Waals surface area contributed by atoms with Crippen molar-refractivity contribution in [3.63, 3.8) is 0 Å². The lowest BCUT2D eigenvalue weighted by Gasteiger charge is -2.56. The second-order valence-corrected chi connectivity index (χ2v) is 8.57. The maximum atomic E-state index is 12.6. The van der Waals surface area contributed by atoms with E-state index in [1.165, 1.54) is 5.57 Å². The van der Waals surface area contributed by atoms with E-state index in [-0.39, 0.29) is 10.8 Å². The van der Waals surface area contributed by atoms with E-state index in [1.54, 1.807) is 0 Å². The highest BCUT2D eigenvalue weighted by Gasteiger charge is 2.59. The Bertz CT molecular complexity index is 613. The van der Waals surface area contributed by atoms with Crippen molar-refractivity contribution in [1.82, 2.24) is 0 Å². The van der Waals surface area contributed by atoms with E-state index < -0.39 is 0 Å². The molecule has 4 rings (SSSR count). The number of hydrogen-bond donors (Lipinski definition) is 0. The molecule has 0 heterocycles. The molecule has 0 radical (unpaired) electrons. The van der Waals surface area contributed by atoms with Gasteiger partial charge in [-0.3, -0.25) is 9.59 Å². The van der Waals surface area contributed by atoms with Gasteiger partial charge in [-0.2, -0.15) is 0 Å². The molecule has 3 saturated carbocycles. The molecule has 0 aromatic carbocycles. The fourth-order valence-electron chi connectivity index (χ4n) is 6.22. The third-order valence-electron chi connectivity index (χ3n) is 7.63. The second kappa shape index (κ2) is 4.43. The number of fused-ring (bicyclic) bond motifs is 5. The molecule has 0 aromatic rings. The standard InChI is InChI=1S/C20H26O2/c1-12-10-17-15-5-4-13-11-14(21)6-8-19(13,2)16(15)7-9-20(17,3)18(12)22/h4,15-17H,1,5-11H2,2-3H3. The molecular weight excluding hydrogens is 272 g/mol. The van der Waals surface area contributed by atoms with Crippen molar-refractivity contribution < 1.29 is 9.59 Å². The fraction of sp³-hybridized carbons (Fsp3) is 0.700. The number of hydrogen-bond acceptors (Lipinski definition) is 2. The van der Waals surface area contributed by atoms with Crippen LogP contribution in [0.4, 0.5) is 0 Å². The van der Waals surface area contributed by atoms with Crippen LogP contribution >= 0.6 is 0 Å². The quantitative estimate of drug-likeness (QED) is 0.495. The van der Waals surface area contributed by atoms with Crippen LogP contribution < -0.4 is 0 Å². The van der Waals surface area contributed by atoms with Gasteiger partial charge in [-0.25, -0.2) is 0 Å². The zero-order valence-corrected chi connectivity index (χ0v) is 13.8. The maximum Gasteiger partial charge on any atom is 0.164 e. The van der Waals surface area contributed by atoms with Gasteiger partial charge in [0.1, 0.15) is 5.78 Å². The summed E-state index contributed by atoms with van der Waals surface area (Å²) < 4.78 is 0. The van der Waals surface area contributed by atoms with E-state index in [1.807, 2.05) is 0 Å². The predicted molar refractivity (Wildman–Crippen MR) is 86.2 cm³/mol. The van der Waals surface area contributed by atoms with Crippen molar-refractivity contribution in [2.45, 2.75) is 58.8 Å². The van der Waals surface area contributed by atoms with Crippen LogP contribution in [0.2, 0.25) is 0 Å². The summed E-state index contributed by atoms with van der Waals surface area (Å²) in [6.07, 6.45) is 8.88. The van der Waals surface area contributed by atoms with Crippen LogP contribution in [0.1, 0.15) is 58.8 Å². The lowest BCUT2D eigenvalue weighted by molar-refractivity contribution is -0.130. The van der Waals surface area contributed by atoms with E-state index in [4.69, 9.17) is 0 Å². The molecule has 0 aliphatic heterocycles. The van der Waals surface area contributed by atoms with Gasteiger partial charge < -0.3 is 0 Å². The van der Waals surface area contributed by atoms with Gasteiger partial charge in [0.05, 0.1) is 0 Å². The van der Waals surface area contributed by atoms with Crippen molar-refractivity contribution >= 4 is 11.6 Å². The summed E-state index contributed by atoms with van der Waals surface area (Å²) in [4.78, 5) is 24.4. The number of ketones is 2. The summed E-state index contributed by atoms with van der Waals surface area (Å²) in [6, 6.07) is 0. The molecule has 0 saturated heterocycles. The molecule has 118 valence electrons. The molecule has 0 aromatic heterocycles. The largest absolute Gasteiger partial charge is 0.299 e. The third kappa shape index (κ3) is 1.67. The van der Waals surface area contributed by atoms with Crippen LogP contribution in [0.3, 0.4) is 0 Å². The highest BCUT2D eigenvalue weighted by molar-refractivity contribution is 6.02. The SMILES string of the molecule is C=C1CC2C3CC=C4CC(=O)CCC4(C)C3CCC2(C)C1=O. The summed E-state index contributed by atoms with van der Waals surface area (Å²) in [6.45, 7) is 8.61. The van der Waals surface area contributed by atoms with E-state index in [0.29, 0.717) is 35.7 Å². The Labute approximate surface area is 133 Å². The average molecular weight is 298 g/mol. The highest BCUT2D eigenvalue weighted by atomic mass is 16.1. The smallest absolute Gasteiger partial charge is 0.164 e. The molecule has 0 bridgehead atoms. The minimum Gasteiger partial charge on any atom is -0.299 e. The lowest BCUT2D eigenvalue weighted by Crippen LogP contribution is -2.50. The highest BCUT2D eigenvalue weighted by Crippen LogP contribution is 2.64. The minimum absolute atomic E-state index is 0.162. The van der Waals surface area contributed by atoms with Crippen LogP contribution in [0.25, 0.3) is 0 Å². The van der Waals surface area contributed by atoms with Gasteiger partial charge in [-0.15, -0.1) is 0 Å². The van der Waals surface area contributed by atoms with Gasteiger partial charge >= 0.3 is 0 Å². The van der Waals surface area contributed by atoms with Crippen molar-refractivity contribution in [2.75, 3.05) is 0 Å². The molecule has 2 heteroatoms. The summed E-state index contributed by atoms with van der Waals surface area (Å²) >= 11 is 0. The van der Waals surface area contributed by atoms with Crippen LogP contribution in [-0.4, -0.2) is 11.6 Å². The van der Waals surface area contributed by atoms with Crippen LogP contribution in [0.5, 0.6) is 0 Å². The molecule has 0 spiro atoms. The molecule has 0 amide bonds. The first kappa shape index (κ1) is 14.4. The molecule has 5 unspecified atom stereocenters.